The highest BCUT2D eigenvalue weighted by Crippen LogP contribution is 2.39. The van der Waals surface area contributed by atoms with Crippen LogP contribution in [0.25, 0.3) is 10.8 Å². The summed E-state index contributed by atoms with van der Waals surface area (Å²) in [6, 6.07) is 21.2. The van der Waals surface area contributed by atoms with Gasteiger partial charge in [0, 0.05) is 42.8 Å². The van der Waals surface area contributed by atoms with Crippen LogP contribution < -0.4 is 15.1 Å². The highest BCUT2D eigenvalue weighted by atomic mass is 19.1. The number of aromatic nitrogens is 1. The van der Waals surface area contributed by atoms with Gasteiger partial charge >= 0.3 is 0 Å². The summed E-state index contributed by atoms with van der Waals surface area (Å²) in [5, 5.41) is 4.30. The first kappa shape index (κ1) is 21.9. The number of fused-ring (bicyclic) bond motifs is 1. The molecule has 0 spiro atoms. The van der Waals surface area contributed by atoms with E-state index >= 15 is 4.39 Å². The molecule has 2 amide bonds. The lowest BCUT2D eigenvalue weighted by Gasteiger charge is -2.36. The average Bonchev–Trinajstić information content (AvgIpc) is 3.01. The number of benzene rings is 3. The number of halogens is 1. The lowest BCUT2D eigenvalue weighted by atomic mass is 9.97. The maximum atomic E-state index is 15.0. The largest absolute Gasteiger partial charge is 0.371 e. The van der Waals surface area contributed by atoms with Gasteiger partial charge in [-0.2, -0.15) is 0 Å². The van der Waals surface area contributed by atoms with Gasteiger partial charge in [0.15, 0.2) is 0 Å². The SMILES string of the molecule is CN1CCN2C(=O)C(NC(=O)c3nccc4ccccc34)N=C(c3ccccc3F)c3cccc1c32. The van der Waals surface area contributed by atoms with Crippen molar-refractivity contribution in [3.63, 3.8) is 0 Å². The van der Waals surface area contributed by atoms with Gasteiger partial charge in [-0.1, -0.05) is 48.5 Å². The van der Waals surface area contributed by atoms with Crippen molar-refractivity contribution in [2.24, 2.45) is 4.99 Å². The lowest BCUT2D eigenvalue weighted by Crippen LogP contribution is -2.51. The van der Waals surface area contributed by atoms with E-state index < -0.39 is 17.9 Å². The fraction of sp³-hybridized carbons (Fsp3) is 0.143. The van der Waals surface area contributed by atoms with E-state index in [9.17, 15) is 9.59 Å². The van der Waals surface area contributed by atoms with Crippen molar-refractivity contribution in [2.45, 2.75) is 6.17 Å². The van der Waals surface area contributed by atoms with Gasteiger partial charge in [-0.05, 0) is 29.7 Å². The summed E-state index contributed by atoms with van der Waals surface area (Å²) in [5.41, 5.74) is 2.92. The molecule has 3 aromatic carbocycles. The number of amides is 2. The molecule has 0 saturated heterocycles. The summed E-state index contributed by atoms with van der Waals surface area (Å²) in [6.45, 7) is 1.03. The molecule has 178 valence electrons. The van der Waals surface area contributed by atoms with Crippen molar-refractivity contribution in [3.05, 3.63) is 102 Å². The molecule has 0 aliphatic carbocycles. The van der Waals surface area contributed by atoms with Crippen LogP contribution in [-0.2, 0) is 4.79 Å². The molecule has 1 unspecified atom stereocenters. The number of anilines is 2. The van der Waals surface area contributed by atoms with E-state index in [1.807, 2.05) is 55.6 Å². The maximum absolute atomic E-state index is 15.0. The molecule has 1 N–H and O–H groups in total. The Morgan fingerprint density at radius 1 is 0.972 bits per heavy atom. The van der Waals surface area contributed by atoms with Crippen molar-refractivity contribution in [3.8, 4) is 0 Å². The van der Waals surface area contributed by atoms with Crippen LogP contribution in [0.5, 0.6) is 0 Å². The Morgan fingerprint density at radius 3 is 2.61 bits per heavy atom. The van der Waals surface area contributed by atoms with Crippen LogP contribution >= 0.6 is 0 Å². The van der Waals surface area contributed by atoms with Crippen LogP contribution in [0, 0.1) is 5.82 Å². The molecule has 7 nitrogen and oxygen atoms in total. The van der Waals surface area contributed by atoms with E-state index in [1.54, 1.807) is 29.3 Å². The molecule has 4 aromatic rings. The number of hydrogen-bond acceptors (Lipinski definition) is 5. The Labute approximate surface area is 206 Å². The minimum atomic E-state index is -1.25. The monoisotopic (exact) mass is 479 g/mol. The van der Waals surface area contributed by atoms with E-state index in [2.05, 4.69) is 20.2 Å². The van der Waals surface area contributed by atoms with Crippen LogP contribution in [0.1, 0.15) is 21.6 Å². The van der Waals surface area contributed by atoms with Gasteiger partial charge in [0.1, 0.15) is 11.5 Å². The Kier molecular flexibility index (Phi) is 5.21. The van der Waals surface area contributed by atoms with E-state index in [4.69, 9.17) is 0 Å². The molecule has 8 heteroatoms. The smallest absolute Gasteiger partial charge is 0.272 e. The Morgan fingerprint density at radius 2 is 1.75 bits per heavy atom. The van der Waals surface area contributed by atoms with Crippen LogP contribution in [0.2, 0.25) is 0 Å². The van der Waals surface area contributed by atoms with Gasteiger partial charge in [0.2, 0.25) is 6.17 Å². The standard InChI is InChI=1S/C28H22FN5O2/c1-33-15-16-34-25-20(10-6-12-22(25)33)23(19-9-4-5-11-21(19)29)31-26(28(34)36)32-27(35)24-18-8-3-2-7-17(18)13-14-30-24/h2-14,26H,15-16H2,1H3,(H,32,35). The molecule has 1 atom stereocenters. The first-order valence-corrected chi connectivity index (χ1v) is 11.7. The number of carbonyl (C=O) groups excluding carboxylic acids is 2. The van der Waals surface area contributed by atoms with Crippen LogP contribution in [-0.4, -0.2) is 48.8 Å². The predicted molar refractivity (Wildman–Crippen MR) is 137 cm³/mol. The van der Waals surface area contributed by atoms with E-state index in [1.165, 1.54) is 6.07 Å². The molecule has 0 fully saturated rings. The van der Waals surface area contributed by atoms with Crippen molar-refractivity contribution in [1.29, 1.82) is 0 Å². The number of para-hydroxylation sites is 1. The van der Waals surface area contributed by atoms with Gasteiger partial charge in [0.05, 0.1) is 17.1 Å². The molecular weight excluding hydrogens is 457 g/mol. The van der Waals surface area contributed by atoms with Crippen LogP contribution in [0.15, 0.2) is 84.0 Å². The number of aliphatic imine (C=N–C) groups is 1. The zero-order valence-corrected chi connectivity index (χ0v) is 19.5. The van der Waals surface area contributed by atoms with Crippen LogP contribution in [0.3, 0.4) is 0 Å². The van der Waals surface area contributed by atoms with Crippen molar-refractivity contribution in [1.82, 2.24) is 10.3 Å². The molecule has 1 aromatic heterocycles. The second-order valence-corrected chi connectivity index (χ2v) is 8.80. The summed E-state index contributed by atoms with van der Waals surface area (Å²) >= 11 is 0. The second kappa shape index (κ2) is 8.57. The van der Waals surface area contributed by atoms with Gasteiger partial charge < -0.3 is 15.1 Å². The summed E-state index contributed by atoms with van der Waals surface area (Å²) in [4.78, 5) is 39.8. The highest BCUT2D eigenvalue weighted by molar-refractivity contribution is 6.22. The normalized spacial score (nSPS) is 16.9. The fourth-order valence-corrected chi connectivity index (χ4v) is 4.87. The summed E-state index contributed by atoms with van der Waals surface area (Å²) in [6.07, 6.45) is 0.305. The second-order valence-electron chi connectivity index (χ2n) is 8.80. The first-order valence-electron chi connectivity index (χ1n) is 11.7. The minimum Gasteiger partial charge on any atom is -0.371 e. The van der Waals surface area contributed by atoms with Crippen molar-refractivity contribution in [2.75, 3.05) is 29.9 Å². The Hall–Kier alpha value is -4.59. The van der Waals surface area contributed by atoms with Crippen molar-refractivity contribution >= 4 is 39.7 Å². The molecule has 3 heterocycles. The molecule has 2 aliphatic heterocycles. The summed E-state index contributed by atoms with van der Waals surface area (Å²) < 4.78 is 15.0. The van der Waals surface area contributed by atoms with E-state index in [-0.39, 0.29) is 17.2 Å². The summed E-state index contributed by atoms with van der Waals surface area (Å²) in [7, 11) is 1.95. The molecule has 36 heavy (non-hydrogen) atoms. The van der Waals surface area contributed by atoms with Gasteiger partial charge in [-0.25, -0.2) is 9.38 Å². The summed E-state index contributed by atoms with van der Waals surface area (Å²) in [5.74, 6) is -1.36. The highest BCUT2D eigenvalue weighted by Gasteiger charge is 2.37. The average molecular weight is 480 g/mol. The van der Waals surface area contributed by atoms with Gasteiger partial charge in [0.25, 0.3) is 11.8 Å². The number of nitrogens with zero attached hydrogens (tertiary/aromatic N) is 4. The number of likely N-dealkylation sites (N-methyl/N-ethyl adjacent to an activating group) is 1. The maximum Gasteiger partial charge on any atom is 0.272 e. The number of carbonyl (C=O) groups is 2. The number of pyridine rings is 1. The van der Waals surface area contributed by atoms with Crippen molar-refractivity contribution < 1.29 is 14.0 Å². The molecule has 0 radical (unpaired) electrons. The first-order chi connectivity index (χ1) is 17.5. The Balaban J connectivity index is 1.49. The Bertz CT molecular complexity index is 1560. The molecule has 6 rings (SSSR count). The third kappa shape index (κ3) is 3.50. The quantitative estimate of drug-likeness (QED) is 0.485. The third-order valence-electron chi connectivity index (χ3n) is 6.65. The zero-order valence-electron chi connectivity index (χ0n) is 19.5. The van der Waals surface area contributed by atoms with Gasteiger partial charge in [-0.3, -0.25) is 14.6 Å². The third-order valence-corrected chi connectivity index (χ3v) is 6.65. The fourth-order valence-electron chi connectivity index (χ4n) is 4.87. The van der Waals surface area contributed by atoms with E-state index in [0.29, 0.717) is 35.4 Å². The molecule has 2 aliphatic rings. The van der Waals surface area contributed by atoms with Gasteiger partial charge in [-0.15, -0.1) is 0 Å². The number of nitrogens with one attached hydrogen (secondary N) is 1. The number of hydrogen-bond donors (Lipinski definition) is 1. The zero-order chi connectivity index (χ0) is 24.8. The number of rotatable bonds is 3. The minimum absolute atomic E-state index is 0.198. The van der Waals surface area contributed by atoms with Crippen LogP contribution in [0.4, 0.5) is 15.8 Å². The molecular formula is C28H22FN5O2. The molecule has 0 bridgehead atoms. The van der Waals surface area contributed by atoms with E-state index in [0.717, 1.165) is 11.1 Å². The lowest BCUT2D eigenvalue weighted by molar-refractivity contribution is -0.120. The molecule has 0 saturated carbocycles. The topological polar surface area (TPSA) is 77.9 Å². The predicted octanol–water partition coefficient (Wildman–Crippen LogP) is 3.76.